The lowest BCUT2D eigenvalue weighted by molar-refractivity contribution is 0.803. The van der Waals surface area contributed by atoms with Crippen LogP contribution >= 0.6 is 0 Å². The number of pyridine rings is 1. The van der Waals surface area contributed by atoms with Crippen LogP contribution in [-0.2, 0) is 6.42 Å². The molecule has 1 aromatic heterocycles. The molecule has 0 N–H and O–H groups in total. The summed E-state index contributed by atoms with van der Waals surface area (Å²) in [7, 11) is 0. The Morgan fingerprint density at radius 2 is 1.15 bits per heavy atom. The quantitative estimate of drug-likeness (QED) is 0.674. The van der Waals surface area contributed by atoms with Crippen LogP contribution in [0.25, 0.3) is 0 Å². The molecule has 2 aromatic carbocycles. The van der Waals surface area contributed by atoms with Crippen molar-refractivity contribution in [3.8, 4) is 0 Å². The fourth-order valence-corrected chi connectivity index (χ4v) is 2.55. The molecule has 0 unspecified atom stereocenters. The van der Waals surface area contributed by atoms with Crippen LogP contribution in [0.4, 0.5) is 0 Å². The van der Waals surface area contributed by atoms with Crippen molar-refractivity contribution in [1.29, 1.82) is 0 Å². The normalized spacial score (nSPS) is 10.7. The van der Waals surface area contributed by atoms with E-state index in [2.05, 4.69) is 77.8 Å². The Hall–Kier alpha value is -2.41. The molecule has 0 bridgehead atoms. The lowest BCUT2D eigenvalue weighted by Crippen LogP contribution is -2.05. The second-order valence-electron chi connectivity index (χ2n) is 4.93. The molecule has 0 radical (unpaired) electrons. The molecule has 0 fully saturated rings. The summed E-state index contributed by atoms with van der Waals surface area (Å²) >= 11 is 0. The molecule has 1 heteroatoms. The maximum atomic E-state index is 4.10. The third kappa shape index (κ3) is 2.94. The van der Waals surface area contributed by atoms with Gasteiger partial charge in [0.25, 0.3) is 0 Å². The Morgan fingerprint density at radius 3 is 1.65 bits per heavy atom. The molecule has 0 aliphatic rings. The SMILES string of the molecule is c1ccc(C(Cc2ccncc2)c2ccccc2)cc1. The molecule has 1 heterocycles. The average Bonchev–Trinajstić information content (AvgIpc) is 2.55. The van der Waals surface area contributed by atoms with Gasteiger partial charge in [0, 0.05) is 18.3 Å². The Bertz CT molecular complexity index is 593. The zero-order valence-electron chi connectivity index (χ0n) is 11.3. The van der Waals surface area contributed by atoms with Crippen LogP contribution in [0.1, 0.15) is 22.6 Å². The zero-order chi connectivity index (χ0) is 13.6. The second kappa shape index (κ2) is 6.16. The van der Waals surface area contributed by atoms with Crippen molar-refractivity contribution in [2.45, 2.75) is 12.3 Å². The number of rotatable bonds is 4. The molecule has 20 heavy (non-hydrogen) atoms. The number of benzene rings is 2. The summed E-state index contributed by atoms with van der Waals surface area (Å²) in [6, 6.07) is 25.6. The molecular weight excluding hydrogens is 242 g/mol. The van der Waals surface area contributed by atoms with E-state index in [0.29, 0.717) is 5.92 Å². The van der Waals surface area contributed by atoms with E-state index in [1.807, 2.05) is 12.4 Å². The summed E-state index contributed by atoms with van der Waals surface area (Å²) in [6.45, 7) is 0. The van der Waals surface area contributed by atoms with Crippen LogP contribution in [0, 0.1) is 0 Å². The van der Waals surface area contributed by atoms with Gasteiger partial charge in [-0.05, 0) is 35.2 Å². The summed E-state index contributed by atoms with van der Waals surface area (Å²) in [4.78, 5) is 4.10. The highest BCUT2D eigenvalue weighted by molar-refractivity contribution is 5.34. The Kier molecular flexibility index (Phi) is 3.88. The van der Waals surface area contributed by atoms with Gasteiger partial charge in [0.15, 0.2) is 0 Å². The van der Waals surface area contributed by atoms with Gasteiger partial charge in [-0.2, -0.15) is 0 Å². The van der Waals surface area contributed by atoms with Crippen molar-refractivity contribution in [3.05, 3.63) is 102 Å². The van der Waals surface area contributed by atoms with Crippen molar-refractivity contribution in [2.75, 3.05) is 0 Å². The van der Waals surface area contributed by atoms with Gasteiger partial charge in [-0.15, -0.1) is 0 Å². The highest BCUT2D eigenvalue weighted by Crippen LogP contribution is 2.28. The van der Waals surface area contributed by atoms with E-state index >= 15 is 0 Å². The minimum absolute atomic E-state index is 0.389. The molecule has 0 aliphatic carbocycles. The van der Waals surface area contributed by atoms with Crippen LogP contribution in [0.2, 0.25) is 0 Å². The smallest absolute Gasteiger partial charge is 0.0270 e. The average molecular weight is 259 g/mol. The van der Waals surface area contributed by atoms with Crippen molar-refractivity contribution in [1.82, 2.24) is 4.98 Å². The first-order chi connectivity index (χ1) is 9.93. The molecule has 0 aliphatic heterocycles. The van der Waals surface area contributed by atoms with E-state index in [0.717, 1.165) is 6.42 Å². The molecule has 3 aromatic rings. The molecule has 1 nitrogen and oxygen atoms in total. The molecule has 0 saturated carbocycles. The van der Waals surface area contributed by atoms with Crippen LogP contribution in [0.3, 0.4) is 0 Å². The fourth-order valence-electron chi connectivity index (χ4n) is 2.55. The van der Waals surface area contributed by atoms with Gasteiger partial charge >= 0.3 is 0 Å². The van der Waals surface area contributed by atoms with Gasteiger partial charge in [-0.25, -0.2) is 0 Å². The first-order valence-electron chi connectivity index (χ1n) is 6.92. The predicted octanol–water partition coefficient (Wildman–Crippen LogP) is 4.46. The van der Waals surface area contributed by atoms with Crippen molar-refractivity contribution >= 4 is 0 Å². The van der Waals surface area contributed by atoms with E-state index in [1.54, 1.807) is 0 Å². The van der Waals surface area contributed by atoms with Gasteiger partial charge in [-0.3, -0.25) is 4.98 Å². The summed E-state index contributed by atoms with van der Waals surface area (Å²) in [5.74, 6) is 0.389. The summed E-state index contributed by atoms with van der Waals surface area (Å²) < 4.78 is 0. The lowest BCUT2D eigenvalue weighted by Gasteiger charge is -2.18. The molecule has 3 rings (SSSR count). The summed E-state index contributed by atoms with van der Waals surface area (Å²) in [6.07, 6.45) is 4.72. The molecule has 0 saturated heterocycles. The van der Waals surface area contributed by atoms with Crippen LogP contribution in [0.15, 0.2) is 85.2 Å². The van der Waals surface area contributed by atoms with Crippen LogP contribution in [0.5, 0.6) is 0 Å². The van der Waals surface area contributed by atoms with E-state index in [4.69, 9.17) is 0 Å². The largest absolute Gasteiger partial charge is 0.265 e. The Morgan fingerprint density at radius 1 is 0.650 bits per heavy atom. The van der Waals surface area contributed by atoms with Gasteiger partial charge in [-0.1, -0.05) is 60.7 Å². The lowest BCUT2D eigenvalue weighted by atomic mass is 9.86. The van der Waals surface area contributed by atoms with Crippen molar-refractivity contribution < 1.29 is 0 Å². The molecule has 0 amide bonds. The van der Waals surface area contributed by atoms with E-state index < -0.39 is 0 Å². The Labute approximate surface area is 119 Å². The number of hydrogen-bond acceptors (Lipinski definition) is 1. The third-order valence-electron chi connectivity index (χ3n) is 3.59. The van der Waals surface area contributed by atoms with Crippen LogP contribution in [-0.4, -0.2) is 4.98 Å². The van der Waals surface area contributed by atoms with E-state index in [-0.39, 0.29) is 0 Å². The minimum Gasteiger partial charge on any atom is -0.265 e. The van der Waals surface area contributed by atoms with Gasteiger partial charge in [0.1, 0.15) is 0 Å². The highest BCUT2D eigenvalue weighted by atomic mass is 14.6. The van der Waals surface area contributed by atoms with Gasteiger partial charge < -0.3 is 0 Å². The number of nitrogens with zero attached hydrogens (tertiary/aromatic N) is 1. The predicted molar refractivity (Wildman–Crippen MR) is 82.7 cm³/mol. The first-order valence-corrected chi connectivity index (χ1v) is 6.92. The number of aromatic nitrogens is 1. The molecule has 0 spiro atoms. The second-order valence-corrected chi connectivity index (χ2v) is 4.93. The third-order valence-corrected chi connectivity index (χ3v) is 3.59. The van der Waals surface area contributed by atoms with Crippen LogP contribution < -0.4 is 0 Å². The molecule has 98 valence electrons. The van der Waals surface area contributed by atoms with Gasteiger partial charge in [0.05, 0.1) is 0 Å². The highest BCUT2D eigenvalue weighted by Gasteiger charge is 2.14. The summed E-state index contributed by atoms with van der Waals surface area (Å²) in [5, 5.41) is 0. The molecule has 0 atom stereocenters. The summed E-state index contributed by atoms with van der Waals surface area (Å²) in [5.41, 5.74) is 4.03. The maximum Gasteiger partial charge on any atom is 0.0270 e. The van der Waals surface area contributed by atoms with Crippen molar-refractivity contribution in [2.24, 2.45) is 0 Å². The van der Waals surface area contributed by atoms with E-state index in [9.17, 15) is 0 Å². The maximum absolute atomic E-state index is 4.10. The standard InChI is InChI=1S/C19H17N/c1-3-7-17(8-4-1)19(18-9-5-2-6-10-18)15-16-11-13-20-14-12-16/h1-14,19H,15H2. The topological polar surface area (TPSA) is 12.9 Å². The zero-order valence-corrected chi connectivity index (χ0v) is 11.3. The van der Waals surface area contributed by atoms with Crippen molar-refractivity contribution in [3.63, 3.8) is 0 Å². The molecular formula is C19H17N. The fraction of sp³-hybridized carbons (Fsp3) is 0.105. The minimum atomic E-state index is 0.389. The van der Waals surface area contributed by atoms with Gasteiger partial charge in [0.2, 0.25) is 0 Å². The first kappa shape index (κ1) is 12.6. The Balaban J connectivity index is 1.96. The number of hydrogen-bond donors (Lipinski definition) is 0. The monoisotopic (exact) mass is 259 g/mol. The van der Waals surface area contributed by atoms with E-state index in [1.165, 1.54) is 16.7 Å².